The molecule has 262 valence electrons. The number of hydrogen-bond donors (Lipinski definition) is 1. The lowest BCUT2D eigenvalue weighted by Gasteiger charge is -2.35. The number of halogens is 1. The summed E-state index contributed by atoms with van der Waals surface area (Å²) >= 11 is 0. The quantitative estimate of drug-likeness (QED) is 0.257. The first kappa shape index (κ1) is 36.1. The monoisotopic (exact) mass is 678 g/mol. The van der Waals surface area contributed by atoms with Crippen LogP contribution in [-0.2, 0) is 11.3 Å². The molecule has 8 nitrogen and oxygen atoms in total. The molecule has 2 aromatic carbocycles. The normalized spacial score (nSPS) is 18.9. The van der Waals surface area contributed by atoms with Gasteiger partial charge in [0, 0.05) is 68.5 Å². The maximum atomic E-state index is 12.5. The molecule has 0 unspecified atom stereocenters. The third-order valence-corrected chi connectivity index (χ3v) is 10.6. The number of aromatic carboxylic acids is 1. The molecule has 48 heavy (non-hydrogen) atoms. The molecule has 3 heterocycles. The topological polar surface area (TPSA) is 78.2 Å². The summed E-state index contributed by atoms with van der Waals surface area (Å²) in [5.41, 5.74) is 7.51. The minimum atomic E-state index is -0.871. The molecular weight excluding hydrogens is 624 g/mol. The lowest BCUT2D eigenvalue weighted by Crippen LogP contribution is -2.42. The number of aromatic nitrogens is 1. The number of fused-ring (bicyclic) bond motifs is 5. The standard InChI is InChI=1S/C39H54N4O4.ClH/c1-27-13-15-32-33(24-27)42(21-20-41-18-9-10-28(26-41)17-19-40(5)38(46)47-39(2,3)4)22-23-43-34-25-30(37(44)45)14-16-31(34)35(36(32)43)29-11-7-6-8-12-29;/h13-16,24-25,28-29H,6-12,17-23,26H2,1-5H3,(H,44,45);1H/t28-;/m0./s1. The summed E-state index contributed by atoms with van der Waals surface area (Å²) in [5, 5.41) is 11.1. The summed E-state index contributed by atoms with van der Waals surface area (Å²) in [5.74, 6) is 0.198. The van der Waals surface area contributed by atoms with Crippen LogP contribution in [0, 0.1) is 12.8 Å². The van der Waals surface area contributed by atoms with Crippen LogP contribution < -0.4 is 4.90 Å². The highest BCUT2D eigenvalue weighted by Crippen LogP contribution is 2.47. The Kier molecular flexibility index (Phi) is 11.4. The van der Waals surface area contributed by atoms with Crippen molar-refractivity contribution >= 4 is 41.1 Å². The van der Waals surface area contributed by atoms with E-state index in [4.69, 9.17) is 4.74 Å². The van der Waals surface area contributed by atoms with E-state index in [0.29, 0.717) is 23.9 Å². The summed E-state index contributed by atoms with van der Waals surface area (Å²) in [7, 11) is 1.84. The molecule has 2 aliphatic heterocycles. The van der Waals surface area contributed by atoms with Crippen LogP contribution in [0.3, 0.4) is 0 Å². The number of piperidine rings is 1. The fourth-order valence-corrected chi connectivity index (χ4v) is 8.17. The first-order valence-corrected chi connectivity index (χ1v) is 17.9. The van der Waals surface area contributed by atoms with E-state index in [9.17, 15) is 14.7 Å². The van der Waals surface area contributed by atoms with Crippen LogP contribution in [0.4, 0.5) is 10.5 Å². The van der Waals surface area contributed by atoms with Gasteiger partial charge in [0.2, 0.25) is 0 Å². The zero-order chi connectivity index (χ0) is 33.3. The molecule has 1 amide bonds. The van der Waals surface area contributed by atoms with Crippen LogP contribution in [0.15, 0.2) is 36.4 Å². The number of benzene rings is 2. The number of nitrogens with zero attached hydrogens (tertiary/aromatic N) is 4. The van der Waals surface area contributed by atoms with Gasteiger partial charge in [0.1, 0.15) is 5.60 Å². The number of likely N-dealkylation sites (tertiary alicyclic amines) is 1. The molecule has 0 spiro atoms. The predicted molar refractivity (Wildman–Crippen MR) is 197 cm³/mol. The lowest BCUT2D eigenvalue weighted by molar-refractivity contribution is 0.0282. The summed E-state index contributed by atoms with van der Waals surface area (Å²) in [4.78, 5) is 31.4. The number of amides is 1. The fraction of sp³-hybridized carbons (Fsp3) is 0.590. The van der Waals surface area contributed by atoms with Gasteiger partial charge < -0.3 is 29.1 Å². The Labute approximate surface area is 292 Å². The molecule has 1 saturated carbocycles. The van der Waals surface area contributed by atoms with Crippen LogP contribution in [0.1, 0.15) is 99.5 Å². The summed E-state index contributed by atoms with van der Waals surface area (Å²) in [6.07, 6.45) is 9.33. The highest BCUT2D eigenvalue weighted by Gasteiger charge is 2.31. The van der Waals surface area contributed by atoms with Crippen molar-refractivity contribution in [1.29, 1.82) is 0 Å². The van der Waals surface area contributed by atoms with E-state index >= 15 is 0 Å². The van der Waals surface area contributed by atoms with Crippen molar-refractivity contribution in [2.75, 3.05) is 51.2 Å². The van der Waals surface area contributed by atoms with Crippen LogP contribution in [0.5, 0.6) is 0 Å². The molecule has 2 fully saturated rings. The summed E-state index contributed by atoms with van der Waals surface area (Å²) in [6, 6.07) is 12.7. The highest BCUT2D eigenvalue weighted by atomic mass is 35.5. The molecule has 3 aliphatic rings. The Hall–Kier alpha value is -3.23. The van der Waals surface area contributed by atoms with E-state index in [1.165, 1.54) is 78.4 Å². The molecular formula is C39H55ClN4O4. The summed E-state index contributed by atoms with van der Waals surface area (Å²) in [6.45, 7) is 14.5. The molecule has 0 bridgehead atoms. The zero-order valence-electron chi connectivity index (χ0n) is 29.6. The smallest absolute Gasteiger partial charge is 0.410 e. The third-order valence-electron chi connectivity index (χ3n) is 10.6. The van der Waals surface area contributed by atoms with Crippen molar-refractivity contribution in [3.05, 3.63) is 53.1 Å². The number of ether oxygens (including phenoxy) is 1. The second kappa shape index (κ2) is 15.1. The van der Waals surface area contributed by atoms with E-state index in [1.54, 1.807) is 11.0 Å². The largest absolute Gasteiger partial charge is 0.478 e. The molecule has 9 heteroatoms. The Morgan fingerprint density at radius 3 is 2.46 bits per heavy atom. The Morgan fingerprint density at radius 1 is 0.958 bits per heavy atom. The van der Waals surface area contributed by atoms with Crippen molar-refractivity contribution in [3.63, 3.8) is 0 Å². The van der Waals surface area contributed by atoms with E-state index in [2.05, 4.69) is 45.6 Å². The molecule has 3 aromatic rings. The number of hydrogen-bond acceptors (Lipinski definition) is 5. The van der Waals surface area contributed by atoms with Crippen LogP contribution in [0.2, 0.25) is 0 Å². The second-order valence-electron chi connectivity index (χ2n) is 15.3. The van der Waals surface area contributed by atoms with Gasteiger partial charge in [0.25, 0.3) is 0 Å². The van der Waals surface area contributed by atoms with Gasteiger partial charge in [-0.3, -0.25) is 0 Å². The van der Waals surface area contributed by atoms with Gasteiger partial charge in [0.15, 0.2) is 0 Å². The van der Waals surface area contributed by atoms with E-state index < -0.39 is 11.6 Å². The van der Waals surface area contributed by atoms with Crippen molar-refractivity contribution in [2.45, 2.75) is 97.1 Å². The van der Waals surface area contributed by atoms with Crippen molar-refractivity contribution in [2.24, 2.45) is 5.92 Å². The minimum absolute atomic E-state index is 0. The first-order valence-electron chi connectivity index (χ1n) is 17.9. The molecule has 1 aliphatic carbocycles. The van der Waals surface area contributed by atoms with Crippen molar-refractivity contribution in [1.82, 2.24) is 14.4 Å². The maximum Gasteiger partial charge on any atom is 0.410 e. The lowest BCUT2D eigenvalue weighted by atomic mass is 9.81. The minimum Gasteiger partial charge on any atom is -0.478 e. The Bertz CT molecular complexity index is 1610. The fourth-order valence-electron chi connectivity index (χ4n) is 8.17. The Balaban J connectivity index is 0.00000451. The Morgan fingerprint density at radius 2 is 1.73 bits per heavy atom. The predicted octanol–water partition coefficient (Wildman–Crippen LogP) is 8.57. The van der Waals surface area contributed by atoms with E-state index in [-0.39, 0.29) is 18.5 Å². The van der Waals surface area contributed by atoms with Crippen molar-refractivity contribution in [3.8, 4) is 11.3 Å². The van der Waals surface area contributed by atoms with E-state index in [0.717, 1.165) is 51.2 Å². The molecule has 1 atom stereocenters. The highest BCUT2D eigenvalue weighted by molar-refractivity contribution is 5.99. The van der Waals surface area contributed by atoms with Gasteiger partial charge in [-0.1, -0.05) is 37.5 Å². The maximum absolute atomic E-state index is 12.5. The van der Waals surface area contributed by atoms with Gasteiger partial charge in [-0.2, -0.15) is 0 Å². The molecule has 1 saturated heterocycles. The van der Waals surface area contributed by atoms with Gasteiger partial charge in [-0.05, 0) is 108 Å². The van der Waals surface area contributed by atoms with Crippen LogP contribution in [-0.4, -0.2) is 83.5 Å². The van der Waals surface area contributed by atoms with Gasteiger partial charge in [0.05, 0.1) is 11.3 Å². The van der Waals surface area contributed by atoms with Gasteiger partial charge >= 0.3 is 12.1 Å². The number of aryl methyl sites for hydroxylation is 1. The summed E-state index contributed by atoms with van der Waals surface area (Å²) < 4.78 is 8.00. The molecule has 6 rings (SSSR count). The van der Waals surface area contributed by atoms with Crippen LogP contribution in [0.25, 0.3) is 22.2 Å². The number of carboxylic acid groups (broad SMARTS) is 1. The average Bonchev–Trinajstić information content (AvgIpc) is 3.27. The SMILES string of the molecule is Cc1ccc2c(c1)N(CCN1CCC[C@@H](CCN(C)C(=O)OC(C)(C)C)C1)CCn1c-2c(C2CCCCC2)c2ccc(C(=O)O)cc21.Cl. The first-order chi connectivity index (χ1) is 22.5. The van der Waals surface area contributed by atoms with Gasteiger partial charge in [-0.25, -0.2) is 9.59 Å². The number of rotatable bonds is 8. The van der Waals surface area contributed by atoms with E-state index in [1.807, 2.05) is 33.9 Å². The molecule has 0 radical (unpaired) electrons. The number of carbonyl (C=O) groups excluding carboxylic acids is 1. The van der Waals surface area contributed by atoms with Gasteiger partial charge in [-0.15, -0.1) is 12.4 Å². The second-order valence-corrected chi connectivity index (χ2v) is 15.3. The third kappa shape index (κ3) is 7.97. The molecule has 1 N–H and O–H groups in total. The van der Waals surface area contributed by atoms with Crippen molar-refractivity contribution < 1.29 is 19.4 Å². The number of anilines is 1. The number of carboxylic acids is 1. The number of carbonyl (C=O) groups is 2. The zero-order valence-corrected chi connectivity index (χ0v) is 30.4. The molecule has 1 aromatic heterocycles. The van der Waals surface area contributed by atoms with Crippen LogP contribution >= 0.6 is 12.4 Å². The average molecular weight is 679 g/mol.